The van der Waals surface area contributed by atoms with Gasteiger partial charge >= 0.3 is 0 Å². The minimum Gasteiger partial charge on any atom is -0.300 e. The number of hydrogen-bond acceptors (Lipinski definition) is 8. The molecule has 5 rings (SSSR count). The van der Waals surface area contributed by atoms with E-state index in [4.69, 9.17) is 0 Å². The summed E-state index contributed by atoms with van der Waals surface area (Å²) >= 11 is 2.76. The van der Waals surface area contributed by atoms with Crippen molar-refractivity contribution in [2.75, 3.05) is 10.6 Å². The molecule has 2 N–H and O–H groups in total. The van der Waals surface area contributed by atoms with Gasteiger partial charge in [-0.2, -0.15) is 0 Å². The van der Waals surface area contributed by atoms with E-state index in [1.807, 2.05) is 66.7 Å². The topological polar surface area (TPSA) is 110 Å². The Morgan fingerprint density at radius 2 is 1.37 bits per heavy atom. The van der Waals surface area contributed by atoms with Crippen molar-refractivity contribution >= 4 is 50.8 Å². The number of benzene rings is 2. The fourth-order valence-electron chi connectivity index (χ4n) is 3.59. The Morgan fingerprint density at radius 1 is 0.800 bits per heavy atom. The highest BCUT2D eigenvalue weighted by molar-refractivity contribution is 7.16. The zero-order valence-corrected chi connectivity index (χ0v) is 20.3. The fraction of sp³-hybridized carbons (Fsp3) is 0.200. The van der Waals surface area contributed by atoms with Gasteiger partial charge < -0.3 is 10.6 Å². The molecule has 2 amide bonds. The van der Waals surface area contributed by atoms with Crippen molar-refractivity contribution in [2.45, 2.75) is 25.7 Å². The number of carbonyl (C=O) groups is 2. The van der Waals surface area contributed by atoms with Gasteiger partial charge in [0.25, 0.3) is 0 Å². The van der Waals surface area contributed by atoms with Gasteiger partial charge in [-0.15, -0.1) is 20.4 Å². The van der Waals surface area contributed by atoms with Gasteiger partial charge in [-0.1, -0.05) is 88.9 Å². The molecule has 0 saturated heterocycles. The van der Waals surface area contributed by atoms with Gasteiger partial charge in [0.1, 0.15) is 10.0 Å². The Balaban J connectivity index is 1.09. The molecule has 2 heterocycles. The average molecular weight is 503 g/mol. The first-order valence-corrected chi connectivity index (χ1v) is 12.8. The lowest BCUT2D eigenvalue weighted by Crippen LogP contribution is -2.14. The van der Waals surface area contributed by atoms with E-state index in [9.17, 15) is 9.59 Å². The first-order valence-electron chi connectivity index (χ1n) is 11.1. The SMILES string of the molecule is O=C(Cc1ccccc1)Nc1nnc(/C=C2\C[C@H]2Cc2nnc(NC(=O)Cc3ccccc3)s2)s1. The second-order valence-corrected chi connectivity index (χ2v) is 10.3. The van der Waals surface area contributed by atoms with E-state index in [1.54, 1.807) is 0 Å². The van der Waals surface area contributed by atoms with Crippen LogP contribution in [0.15, 0.2) is 66.2 Å². The van der Waals surface area contributed by atoms with Gasteiger partial charge in [0.2, 0.25) is 22.1 Å². The number of aromatic nitrogens is 4. The van der Waals surface area contributed by atoms with E-state index in [2.05, 4.69) is 31.0 Å². The lowest BCUT2D eigenvalue weighted by atomic mass is 10.1. The summed E-state index contributed by atoms with van der Waals surface area (Å²) in [4.78, 5) is 24.4. The number of hydrogen-bond donors (Lipinski definition) is 2. The predicted molar refractivity (Wildman–Crippen MR) is 137 cm³/mol. The van der Waals surface area contributed by atoms with Crippen LogP contribution in [0.4, 0.5) is 10.3 Å². The molecule has 4 aromatic rings. The molecule has 1 saturated carbocycles. The van der Waals surface area contributed by atoms with Crippen LogP contribution in [0.3, 0.4) is 0 Å². The highest BCUT2D eigenvalue weighted by Crippen LogP contribution is 2.42. The molecule has 1 aliphatic carbocycles. The van der Waals surface area contributed by atoms with Crippen LogP contribution in [0, 0.1) is 5.92 Å². The van der Waals surface area contributed by atoms with E-state index < -0.39 is 0 Å². The third-order valence-corrected chi connectivity index (χ3v) is 7.04. The first-order chi connectivity index (χ1) is 17.1. The zero-order chi connectivity index (χ0) is 24.0. The number of rotatable bonds is 9. The summed E-state index contributed by atoms with van der Waals surface area (Å²) in [5, 5.41) is 24.9. The van der Waals surface area contributed by atoms with Crippen molar-refractivity contribution in [1.82, 2.24) is 20.4 Å². The third-order valence-electron chi connectivity index (χ3n) is 5.39. The van der Waals surface area contributed by atoms with E-state index >= 15 is 0 Å². The normalized spacial score (nSPS) is 15.7. The van der Waals surface area contributed by atoms with Crippen molar-refractivity contribution in [3.8, 4) is 0 Å². The summed E-state index contributed by atoms with van der Waals surface area (Å²) in [7, 11) is 0. The summed E-state index contributed by atoms with van der Waals surface area (Å²) in [6.07, 6.45) is 4.37. The zero-order valence-electron chi connectivity index (χ0n) is 18.7. The summed E-state index contributed by atoms with van der Waals surface area (Å²) in [5.74, 6) is 0.170. The third kappa shape index (κ3) is 6.65. The first kappa shape index (κ1) is 23.0. The maximum absolute atomic E-state index is 12.2. The molecular formula is C25H22N6O2S2. The van der Waals surface area contributed by atoms with Crippen LogP contribution >= 0.6 is 22.7 Å². The van der Waals surface area contributed by atoms with E-state index in [-0.39, 0.29) is 11.8 Å². The molecule has 0 bridgehead atoms. The molecule has 0 radical (unpaired) electrons. The Labute approximate surface area is 210 Å². The van der Waals surface area contributed by atoms with Crippen LogP contribution in [0.1, 0.15) is 27.6 Å². The maximum Gasteiger partial charge on any atom is 0.230 e. The van der Waals surface area contributed by atoms with Crippen LogP contribution < -0.4 is 10.6 Å². The molecule has 1 aliphatic rings. The van der Waals surface area contributed by atoms with Crippen molar-refractivity contribution in [3.63, 3.8) is 0 Å². The molecular weight excluding hydrogens is 480 g/mol. The van der Waals surface area contributed by atoms with Gasteiger partial charge in [0, 0.05) is 6.42 Å². The number of amides is 2. The smallest absolute Gasteiger partial charge is 0.230 e. The number of nitrogens with zero attached hydrogens (tertiary/aromatic N) is 4. The summed E-state index contributed by atoms with van der Waals surface area (Å²) in [6.45, 7) is 0. The predicted octanol–water partition coefficient (Wildman–Crippen LogP) is 4.40. The van der Waals surface area contributed by atoms with Crippen LogP contribution in [-0.4, -0.2) is 32.2 Å². The van der Waals surface area contributed by atoms with Gasteiger partial charge in [0.05, 0.1) is 12.8 Å². The molecule has 0 aliphatic heterocycles. The fourth-order valence-corrected chi connectivity index (χ4v) is 5.17. The Bertz CT molecular complexity index is 1350. The number of carbonyl (C=O) groups excluding carboxylic acids is 2. The average Bonchev–Trinajstić information content (AvgIpc) is 3.18. The van der Waals surface area contributed by atoms with Crippen LogP contribution in [-0.2, 0) is 28.9 Å². The van der Waals surface area contributed by atoms with Crippen molar-refractivity contribution in [2.24, 2.45) is 5.92 Å². The van der Waals surface area contributed by atoms with Gasteiger partial charge in [-0.3, -0.25) is 9.59 Å². The molecule has 2 aromatic heterocycles. The number of allylic oxidation sites excluding steroid dienone is 1. The van der Waals surface area contributed by atoms with Gasteiger partial charge in [0.15, 0.2) is 0 Å². The molecule has 0 unspecified atom stereocenters. The lowest BCUT2D eigenvalue weighted by molar-refractivity contribution is -0.116. The maximum atomic E-state index is 12.2. The molecule has 176 valence electrons. The summed E-state index contributed by atoms with van der Waals surface area (Å²) in [6, 6.07) is 19.2. The molecule has 10 heteroatoms. The van der Waals surface area contributed by atoms with Crippen molar-refractivity contribution in [1.29, 1.82) is 0 Å². The Kier molecular flexibility index (Phi) is 7.01. The summed E-state index contributed by atoms with van der Waals surface area (Å²) < 4.78 is 0. The van der Waals surface area contributed by atoms with Crippen LogP contribution in [0.2, 0.25) is 0 Å². The minimum atomic E-state index is -0.112. The number of nitrogens with one attached hydrogen (secondary N) is 2. The Hall–Kier alpha value is -3.76. The molecule has 35 heavy (non-hydrogen) atoms. The lowest BCUT2D eigenvalue weighted by Gasteiger charge is -2.00. The van der Waals surface area contributed by atoms with Gasteiger partial charge in [-0.25, -0.2) is 0 Å². The van der Waals surface area contributed by atoms with Crippen molar-refractivity contribution < 1.29 is 9.59 Å². The van der Waals surface area contributed by atoms with E-state index in [1.165, 1.54) is 28.2 Å². The molecule has 1 fully saturated rings. The largest absolute Gasteiger partial charge is 0.300 e. The highest BCUT2D eigenvalue weighted by Gasteiger charge is 2.31. The standard InChI is InChI=1S/C25H22N6O2S2/c32-20(11-16-7-3-1-4-8-16)26-24-30-28-22(34-24)14-18-13-19(18)15-23-29-31-25(35-23)27-21(33)12-17-9-5-2-6-10-17/h1-10,14,19H,11-13,15H2,(H,26,30,32)(H,27,31,33)/b18-14+/t19-/m0/s1. The minimum absolute atomic E-state index is 0.103. The van der Waals surface area contributed by atoms with Crippen LogP contribution in [0.5, 0.6) is 0 Å². The monoisotopic (exact) mass is 502 g/mol. The Morgan fingerprint density at radius 3 is 2.00 bits per heavy atom. The highest BCUT2D eigenvalue weighted by atomic mass is 32.1. The van der Waals surface area contributed by atoms with E-state index in [0.717, 1.165) is 34.0 Å². The molecule has 1 atom stereocenters. The molecule has 0 spiro atoms. The van der Waals surface area contributed by atoms with Crippen LogP contribution in [0.25, 0.3) is 6.08 Å². The number of anilines is 2. The quantitative estimate of drug-likeness (QED) is 0.351. The summed E-state index contributed by atoms with van der Waals surface area (Å²) in [5.41, 5.74) is 3.18. The second kappa shape index (κ2) is 10.7. The van der Waals surface area contributed by atoms with E-state index in [0.29, 0.717) is 29.0 Å². The molecule has 8 nitrogen and oxygen atoms in total. The van der Waals surface area contributed by atoms with Crippen molar-refractivity contribution in [3.05, 3.63) is 87.4 Å². The second-order valence-electron chi connectivity index (χ2n) is 8.19. The van der Waals surface area contributed by atoms with Gasteiger partial charge in [-0.05, 0) is 29.5 Å². The molecule has 2 aromatic carbocycles.